The van der Waals surface area contributed by atoms with Gasteiger partial charge in [0.05, 0.1) is 16.5 Å². The predicted octanol–water partition coefficient (Wildman–Crippen LogP) is 4.82. The lowest BCUT2D eigenvalue weighted by Crippen LogP contribution is -2.33. The topological polar surface area (TPSA) is 49.4 Å². The van der Waals surface area contributed by atoms with Crippen LogP contribution < -0.4 is 5.32 Å². The Kier molecular flexibility index (Phi) is 6.93. The number of anilines is 1. The number of para-hydroxylation sites is 1. The first kappa shape index (κ1) is 19.5. The van der Waals surface area contributed by atoms with Gasteiger partial charge < -0.3 is 10.2 Å². The average Bonchev–Trinajstić information content (AvgIpc) is 2.98. The molecule has 1 fully saturated rings. The molecule has 2 amide bonds. The first-order valence-electron chi connectivity index (χ1n) is 9.56. The number of rotatable bonds is 5. The van der Waals surface area contributed by atoms with Crippen LogP contribution in [-0.2, 0) is 4.79 Å². The highest BCUT2D eigenvalue weighted by Crippen LogP contribution is 2.25. The molecule has 2 aromatic rings. The van der Waals surface area contributed by atoms with Gasteiger partial charge in [-0.1, -0.05) is 43.2 Å². The molecule has 0 radical (unpaired) electrons. The number of thioether (sulfide) groups is 1. The van der Waals surface area contributed by atoms with Crippen LogP contribution >= 0.6 is 11.8 Å². The molecular weight excluding hydrogens is 356 g/mol. The molecule has 0 aromatic heterocycles. The van der Waals surface area contributed by atoms with E-state index in [1.165, 1.54) is 24.6 Å². The van der Waals surface area contributed by atoms with Crippen molar-refractivity contribution in [2.45, 2.75) is 42.8 Å². The number of hydrogen-bond acceptors (Lipinski definition) is 3. The van der Waals surface area contributed by atoms with Gasteiger partial charge in [-0.3, -0.25) is 9.59 Å². The predicted molar refractivity (Wildman–Crippen MR) is 111 cm³/mol. The molecule has 3 rings (SSSR count). The Morgan fingerprint density at radius 1 is 0.926 bits per heavy atom. The Morgan fingerprint density at radius 2 is 1.56 bits per heavy atom. The number of likely N-dealkylation sites (tertiary alicyclic amines) is 1. The maximum atomic E-state index is 13.0. The van der Waals surface area contributed by atoms with Crippen molar-refractivity contribution in [1.29, 1.82) is 0 Å². The van der Waals surface area contributed by atoms with Gasteiger partial charge in [-0.15, -0.1) is 11.8 Å². The Labute approximate surface area is 165 Å². The summed E-state index contributed by atoms with van der Waals surface area (Å²) in [4.78, 5) is 28.6. The first-order chi connectivity index (χ1) is 13.1. The number of benzene rings is 2. The minimum Gasteiger partial charge on any atom is -0.339 e. The van der Waals surface area contributed by atoms with Crippen LogP contribution in [0.3, 0.4) is 0 Å². The van der Waals surface area contributed by atoms with Gasteiger partial charge in [0.2, 0.25) is 5.91 Å². The molecule has 0 aliphatic carbocycles. The summed E-state index contributed by atoms with van der Waals surface area (Å²) >= 11 is 1.51. The summed E-state index contributed by atoms with van der Waals surface area (Å²) in [6.45, 7) is 3.47. The minimum absolute atomic E-state index is 0.0103. The number of carbonyl (C=O) groups excluding carboxylic acids is 2. The number of amides is 2. The molecule has 142 valence electrons. The molecule has 1 saturated heterocycles. The highest BCUT2D eigenvalue weighted by atomic mass is 32.2. The molecule has 1 heterocycles. The Balaban J connectivity index is 1.69. The van der Waals surface area contributed by atoms with Crippen molar-refractivity contribution < 1.29 is 9.59 Å². The van der Waals surface area contributed by atoms with Crippen molar-refractivity contribution in [3.8, 4) is 0 Å². The second-order valence-electron chi connectivity index (χ2n) is 6.81. The molecule has 27 heavy (non-hydrogen) atoms. The zero-order chi connectivity index (χ0) is 19.1. The van der Waals surface area contributed by atoms with Crippen LogP contribution in [-0.4, -0.2) is 35.1 Å². The number of carbonyl (C=O) groups is 2. The van der Waals surface area contributed by atoms with Gasteiger partial charge >= 0.3 is 0 Å². The second-order valence-corrected chi connectivity index (χ2v) is 8.23. The van der Waals surface area contributed by atoms with Gasteiger partial charge in [-0.2, -0.15) is 0 Å². The summed E-state index contributed by atoms with van der Waals surface area (Å²) in [5, 5.41) is 2.70. The Morgan fingerprint density at radius 3 is 2.26 bits per heavy atom. The van der Waals surface area contributed by atoms with Gasteiger partial charge in [0.15, 0.2) is 0 Å². The molecule has 2 aromatic carbocycles. The average molecular weight is 383 g/mol. The van der Waals surface area contributed by atoms with Crippen LogP contribution in [0, 0.1) is 0 Å². The normalized spacial score (nSPS) is 15.7. The fourth-order valence-corrected chi connectivity index (χ4v) is 4.10. The van der Waals surface area contributed by atoms with Crippen molar-refractivity contribution in [3.63, 3.8) is 0 Å². The smallest absolute Gasteiger partial charge is 0.255 e. The van der Waals surface area contributed by atoms with Gasteiger partial charge in [0.1, 0.15) is 0 Å². The molecule has 4 nitrogen and oxygen atoms in total. The molecule has 0 spiro atoms. The van der Waals surface area contributed by atoms with E-state index in [0.29, 0.717) is 11.3 Å². The summed E-state index contributed by atoms with van der Waals surface area (Å²) in [7, 11) is 0. The standard InChI is InChI=1S/C22H26N2O2S/c1-17(27-18-11-5-4-6-12-18)21(25)23-20-14-8-7-13-19(20)22(26)24-15-9-2-3-10-16-24/h4-8,11-14,17H,2-3,9-10,15-16H2,1H3,(H,23,25)/t17-/m0/s1. The van der Waals surface area contributed by atoms with Gasteiger partial charge in [0, 0.05) is 18.0 Å². The molecular formula is C22H26N2O2S. The van der Waals surface area contributed by atoms with Crippen molar-refractivity contribution >= 4 is 29.3 Å². The highest BCUT2D eigenvalue weighted by Gasteiger charge is 2.22. The first-order valence-corrected chi connectivity index (χ1v) is 10.4. The second kappa shape index (κ2) is 9.60. The van der Waals surface area contributed by atoms with E-state index < -0.39 is 0 Å². The fourth-order valence-electron chi connectivity index (χ4n) is 3.21. The zero-order valence-electron chi connectivity index (χ0n) is 15.7. The van der Waals surface area contributed by atoms with Crippen LogP contribution in [0.5, 0.6) is 0 Å². The number of nitrogens with one attached hydrogen (secondary N) is 1. The lowest BCUT2D eigenvalue weighted by molar-refractivity contribution is -0.115. The SMILES string of the molecule is C[C@H](Sc1ccccc1)C(=O)Nc1ccccc1C(=O)N1CCCCCC1. The van der Waals surface area contributed by atoms with E-state index in [1.54, 1.807) is 6.07 Å². The number of nitrogens with zero attached hydrogens (tertiary/aromatic N) is 1. The van der Waals surface area contributed by atoms with Crippen molar-refractivity contribution in [2.75, 3.05) is 18.4 Å². The minimum atomic E-state index is -0.256. The number of hydrogen-bond donors (Lipinski definition) is 1. The zero-order valence-corrected chi connectivity index (χ0v) is 16.5. The van der Waals surface area contributed by atoms with E-state index in [9.17, 15) is 9.59 Å². The van der Waals surface area contributed by atoms with Crippen molar-refractivity contribution in [2.24, 2.45) is 0 Å². The monoisotopic (exact) mass is 382 g/mol. The highest BCUT2D eigenvalue weighted by molar-refractivity contribution is 8.00. The lowest BCUT2D eigenvalue weighted by atomic mass is 10.1. The summed E-state index contributed by atoms with van der Waals surface area (Å²) in [6.07, 6.45) is 4.45. The van der Waals surface area contributed by atoms with Crippen LogP contribution in [0.4, 0.5) is 5.69 Å². The third kappa shape index (κ3) is 5.36. The van der Waals surface area contributed by atoms with E-state index in [1.807, 2.05) is 60.4 Å². The van der Waals surface area contributed by atoms with E-state index >= 15 is 0 Å². The van der Waals surface area contributed by atoms with E-state index in [0.717, 1.165) is 30.8 Å². The third-order valence-corrected chi connectivity index (χ3v) is 5.85. The van der Waals surface area contributed by atoms with Crippen molar-refractivity contribution in [3.05, 3.63) is 60.2 Å². The van der Waals surface area contributed by atoms with Crippen LogP contribution in [0.2, 0.25) is 0 Å². The molecule has 5 heteroatoms. The Bertz CT molecular complexity index is 771. The van der Waals surface area contributed by atoms with Crippen LogP contribution in [0.15, 0.2) is 59.5 Å². The summed E-state index contributed by atoms with van der Waals surface area (Å²) in [6, 6.07) is 17.2. The molecule has 1 atom stereocenters. The van der Waals surface area contributed by atoms with Gasteiger partial charge in [-0.25, -0.2) is 0 Å². The quantitative estimate of drug-likeness (QED) is 0.754. The largest absolute Gasteiger partial charge is 0.339 e. The molecule has 1 aliphatic heterocycles. The molecule has 1 aliphatic rings. The van der Waals surface area contributed by atoms with E-state index in [-0.39, 0.29) is 17.1 Å². The molecule has 0 bridgehead atoms. The summed E-state index contributed by atoms with van der Waals surface area (Å²) in [5.41, 5.74) is 1.17. The van der Waals surface area contributed by atoms with E-state index in [4.69, 9.17) is 0 Å². The third-order valence-electron chi connectivity index (χ3n) is 4.73. The molecule has 1 N–H and O–H groups in total. The maximum Gasteiger partial charge on any atom is 0.255 e. The fraction of sp³-hybridized carbons (Fsp3) is 0.364. The van der Waals surface area contributed by atoms with Gasteiger partial charge in [-0.05, 0) is 44.0 Å². The van der Waals surface area contributed by atoms with Gasteiger partial charge in [0.25, 0.3) is 5.91 Å². The Hall–Kier alpha value is -2.27. The van der Waals surface area contributed by atoms with E-state index in [2.05, 4.69) is 5.32 Å². The summed E-state index contributed by atoms with van der Waals surface area (Å²) < 4.78 is 0. The van der Waals surface area contributed by atoms with Crippen LogP contribution in [0.25, 0.3) is 0 Å². The molecule has 0 saturated carbocycles. The lowest BCUT2D eigenvalue weighted by Gasteiger charge is -2.22. The van der Waals surface area contributed by atoms with Crippen molar-refractivity contribution in [1.82, 2.24) is 4.90 Å². The maximum absolute atomic E-state index is 13.0. The van der Waals surface area contributed by atoms with Crippen LogP contribution in [0.1, 0.15) is 43.0 Å². The summed E-state index contributed by atoms with van der Waals surface area (Å²) in [5.74, 6) is -0.0869. The molecule has 0 unspecified atom stereocenters.